The first kappa shape index (κ1) is 24.4. The molecule has 0 aliphatic heterocycles. The van der Waals surface area contributed by atoms with Crippen molar-refractivity contribution in [3.63, 3.8) is 0 Å². The number of ether oxygens (including phenoxy) is 2. The molecular weight excluding hydrogens is 449 g/mol. The molecule has 0 spiro atoms. The summed E-state index contributed by atoms with van der Waals surface area (Å²) in [4.78, 5) is 12.2. The Bertz CT molecular complexity index is 995. The molecule has 0 amide bonds. The lowest BCUT2D eigenvalue weighted by Gasteiger charge is -2.27. The standard InChI is InChI=1S/C22H25F3O6S/c23-22(24,25)18-8-7-17(20(26)30-13-14-32(27,28)29)15-19(18)31-21(10-3-4-11-21)12-9-16-5-1-2-6-16/h7-8,15-16H,1-6,10-11,13-14H2,(H,27,28,29)/p-1. The van der Waals surface area contributed by atoms with Crippen molar-refractivity contribution in [2.24, 2.45) is 5.92 Å². The second kappa shape index (κ2) is 9.71. The number of esters is 1. The highest BCUT2D eigenvalue weighted by molar-refractivity contribution is 7.85. The lowest BCUT2D eigenvalue weighted by Crippen LogP contribution is -2.32. The minimum absolute atomic E-state index is 0.219. The van der Waals surface area contributed by atoms with Crippen LogP contribution in [0.5, 0.6) is 5.75 Å². The number of carbonyl (C=O) groups is 1. The van der Waals surface area contributed by atoms with Gasteiger partial charge < -0.3 is 14.0 Å². The Labute approximate surface area is 185 Å². The van der Waals surface area contributed by atoms with Gasteiger partial charge in [-0.2, -0.15) is 13.2 Å². The fourth-order valence-electron chi connectivity index (χ4n) is 4.00. The van der Waals surface area contributed by atoms with Gasteiger partial charge in [-0.1, -0.05) is 24.7 Å². The highest BCUT2D eigenvalue weighted by atomic mass is 32.2. The van der Waals surface area contributed by atoms with Crippen molar-refractivity contribution in [2.75, 3.05) is 12.4 Å². The maximum atomic E-state index is 13.6. The fraction of sp³-hybridized carbons (Fsp3) is 0.591. The van der Waals surface area contributed by atoms with Crippen molar-refractivity contribution in [1.29, 1.82) is 0 Å². The van der Waals surface area contributed by atoms with E-state index in [1.54, 1.807) is 0 Å². The molecule has 10 heteroatoms. The van der Waals surface area contributed by atoms with Gasteiger partial charge >= 0.3 is 12.1 Å². The van der Waals surface area contributed by atoms with Crippen LogP contribution in [0.4, 0.5) is 13.2 Å². The molecule has 2 fully saturated rings. The predicted molar refractivity (Wildman–Crippen MR) is 108 cm³/mol. The number of halogens is 3. The summed E-state index contributed by atoms with van der Waals surface area (Å²) in [6, 6.07) is 2.59. The monoisotopic (exact) mass is 473 g/mol. The van der Waals surface area contributed by atoms with E-state index in [0.29, 0.717) is 12.8 Å². The third-order valence-electron chi connectivity index (χ3n) is 5.67. The highest BCUT2D eigenvalue weighted by Gasteiger charge is 2.40. The van der Waals surface area contributed by atoms with E-state index in [4.69, 9.17) is 9.47 Å². The maximum Gasteiger partial charge on any atom is 0.419 e. The van der Waals surface area contributed by atoms with Crippen LogP contribution < -0.4 is 4.74 Å². The number of benzene rings is 1. The second-order valence-electron chi connectivity index (χ2n) is 8.16. The molecule has 0 saturated heterocycles. The fourth-order valence-corrected chi connectivity index (χ4v) is 4.29. The number of rotatable bonds is 6. The molecule has 0 N–H and O–H groups in total. The quantitative estimate of drug-likeness (QED) is 0.348. The summed E-state index contributed by atoms with van der Waals surface area (Å²) < 4.78 is 83.3. The van der Waals surface area contributed by atoms with Crippen molar-refractivity contribution >= 4 is 16.1 Å². The largest absolute Gasteiger partial charge is 0.748 e. The molecule has 6 nitrogen and oxygen atoms in total. The SMILES string of the molecule is O=C(OCCS(=O)(=O)[O-])c1ccc(C(F)(F)F)c(OC2(C#CC3CCCC3)CCCC2)c1. The average molecular weight is 473 g/mol. The first-order chi connectivity index (χ1) is 15.0. The highest BCUT2D eigenvalue weighted by Crippen LogP contribution is 2.41. The molecular formula is C22H24F3O6S-. The average Bonchev–Trinajstić information content (AvgIpc) is 3.37. The van der Waals surface area contributed by atoms with Crippen LogP contribution >= 0.6 is 0 Å². The Hall–Kier alpha value is -2.25. The molecule has 0 heterocycles. The Kier molecular flexibility index (Phi) is 7.40. The van der Waals surface area contributed by atoms with Gasteiger partial charge in [-0.25, -0.2) is 13.2 Å². The van der Waals surface area contributed by atoms with Crippen LogP contribution in [-0.2, 0) is 21.0 Å². The maximum absolute atomic E-state index is 13.6. The number of hydrogen-bond donors (Lipinski definition) is 0. The van der Waals surface area contributed by atoms with Gasteiger partial charge in [0.1, 0.15) is 12.4 Å². The minimum atomic E-state index is -4.72. The number of hydrogen-bond acceptors (Lipinski definition) is 6. The topological polar surface area (TPSA) is 92.7 Å². The van der Waals surface area contributed by atoms with Crippen LogP contribution in [0.1, 0.15) is 67.3 Å². The zero-order valence-corrected chi connectivity index (χ0v) is 18.2. The summed E-state index contributed by atoms with van der Waals surface area (Å²) in [5.74, 6) is 4.01. The summed E-state index contributed by atoms with van der Waals surface area (Å²) >= 11 is 0. The molecule has 0 radical (unpaired) electrons. The van der Waals surface area contributed by atoms with Crippen molar-refractivity contribution in [3.05, 3.63) is 29.3 Å². The van der Waals surface area contributed by atoms with Gasteiger partial charge in [0.05, 0.1) is 27.0 Å². The van der Waals surface area contributed by atoms with E-state index < -0.39 is 51.5 Å². The van der Waals surface area contributed by atoms with Gasteiger partial charge in [-0.15, -0.1) is 0 Å². The van der Waals surface area contributed by atoms with Crippen LogP contribution in [0.3, 0.4) is 0 Å². The van der Waals surface area contributed by atoms with E-state index in [2.05, 4.69) is 11.8 Å². The second-order valence-corrected chi connectivity index (χ2v) is 9.68. The van der Waals surface area contributed by atoms with Gasteiger partial charge in [0, 0.05) is 5.92 Å². The molecule has 3 rings (SSSR count). The summed E-state index contributed by atoms with van der Waals surface area (Å²) in [6.45, 7) is -0.696. The van der Waals surface area contributed by atoms with E-state index in [0.717, 1.165) is 56.7 Å². The van der Waals surface area contributed by atoms with Crippen LogP contribution in [0.15, 0.2) is 18.2 Å². The molecule has 0 unspecified atom stereocenters. The molecule has 2 saturated carbocycles. The number of carbonyl (C=O) groups excluding carboxylic acids is 1. The van der Waals surface area contributed by atoms with Crippen LogP contribution in [-0.4, -0.2) is 36.9 Å². The van der Waals surface area contributed by atoms with Gasteiger partial charge in [0.2, 0.25) is 0 Å². The van der Waals surface area contributed by atoms with Gasteiger partial charge in [-0.3, -0.25) is 0 Å². The van der Waals surface area contributed by atoms with Gasteiger partial charge in [-0.05, 0) is 56.7 Å². The van der Waals surface area contributed by atoms with E-state index >= 15 is 0 Å². The molecule has 176 valence electrons. The van der Waals surface area contributed by atoms with Gasteiger partial charge in [0.15, 0.2) is 5.60 Å². The summed E-state index contributed by atoms with van der Waals surface area (Å²) in [5, 5.41) is 0. The van der Waals surface area contributed by atoms with E-state index in [1.165, 1.54) is 0 Å². The molecule has 2 aliphatic rings. The molecule has 1 aromatic carbocycles. The lowest BCUT2D eigenvalue weighted by atomic mass is 9.99. The van der Waals surface area contributed by atoms with Gasteiger partial charge in [0.25, 0.3) is 0 Å². The molecule has 0 aromatic heterocycles. The van der Waals surface area contributed by atoms with E-state index in [9.17, 15) is 30.9 Å². The summed E-state index contributed by atoms with van der Waals surface area (Å²) in [6.07, 6.45) is 1.91. The molecule has 2 aliphatic carbocycles. The smallest absolute Gasteiger partial charge is 0.419 e. The third kappa shape index (κ3) is 6.62. The normalized spacial score (nSPS) is 18.8. The van der Waals surface area contributed by atoms with Crippen LogP contribution in [0.25, 0.3) is 0 Å². The van der Waals surface area contributed by atoms with Crippen molar-refractivity contribution in [3.8, 4) is 17.6 Å². The molecule has 1 aromatic rings. The van der Waals surface area contributed by atoms with Crippen LogP contribution in [0.2, 0.25) is 0 Å². The molecule has 0 atom stereocenters. The first-order valence-corrected chi connectivity index (χ1v) is 12.1. The first-order valence-electron chi connectivity index (χ1n) is 10.5. The third-order valence-corrected chi connectivity index (χ3v) is 6.33. The van der Waals surface area contributed by atoms with E-state index in [-0.39, 0.29) is 11.5 Å². The van der Waals surface area contributed by atoms with Crippen LogP contribution in [0, 0.1) is 17.8 Å². The Morgan fingerprint density at radius 1 is 1.16 bits per heavy atom. The predicted octanol–water partition coefficient (Wildman–Crippen LogP) is 4.29. The van der Waals surface area contributed by atoms with E-state index in [1.807, 2.05) is 0 Å². The van der Waals surface area contributed by atoms with Crippen molar-refractivity contribution in [2.45, 2.75) is 63.1 Å². The lowest BCUT2D eigenvalue weighted by molar-refractivity contribution is -0.139. The zero-order valence-electron chi connectivity index (χ0n) is 17.4. The van der Waals surface area contributed by atoms with Crippen molar-refractivity contribution < 1.29 is 40.4 Å². The molecule has 0 bridgehead atoms. The Morgan fingerprint density at radius 2 is 1.81 bits per heavy atom. The Balaban J connectivity index is 1.86. The Morgan fingerprint density at radius 3 is 2.41 bits per heavy atom. The summed E-state index contributed by atoms with van der Waals surface area (Å²) in [7, 11) is -4.59. The van der Waals surface area contributed by atoms with Crippen molar-refractivity contribution in [1.82, 2.24) is 0 Å². The summed E-state index contributed by atoms with van der Waals surface area (Å²) in [5.41, 5.74) is -2.33. The number of alkyl halides is 3. The molecule has 32 heavy (non-hydrogen) atoms. The minimum Gasteiger partial charge on any atom is -0.748 e. The zero-order chi connectivity index (χ0) is 23.4.